The summed E-state index contributed by atoms with van der Waals surface area (Å²) >= 11 is 0. The third kappa shape index (κ3) is 1.81. The minimum atomic E-state index is -2.27. The number of aromatic nitrogens is 1. The molecule has 0 aliphatic heterocycles. The van der Waals surface area contributed by atoms with Crippen LogP contribution in [0.3, 0.4) is 0 Å². The fraction of sp³-hybridized carbons (Fsp3) is 0. The largest absolute Gasteiger partial charge is 0.219 e. The van der Waals surface area contributed by atoms with E-state index in [4.69, 9.17) is 0 Å². The van der Waals surface area contributed by atoms with Crippen molar-refractivity contribution in [3.8, 4) is 11.3 Å². The zero-order valence-electron chi connectivity index (χ0n) is 8.45. The molecule has 0 saturated heterocycles. The highest BCUT2D eigenvalue weighted by Crippen LogP contribution is 2.30. The molecule has 94 valence electrons. The van der Waals surface area contributed by atoms with Crippen LogP contribution < -0.4 is 0 Å². The van der Waals surface area contributed by atoms with Crippen molar-refractivity contribution in [1.29, 1.82) is 0 Å². The first-order valence-electron chi connectivity index (χ1n) is 4.58. The van der Waals surface area contributed by atoms with Crippen LogP contribution >= 0.6 is 0 Å². The summed E-state index contributed by atoms with van der Waals surface area (Å²) in [7, 11) is 0. The zero-order chi connectivity index (χ0) is 13.4. The van der Waals surface area contributed by atoms with E-state index in [1.807, 2.05) is 0 Å². The molecule has 0 bridgehead atoms. The van der Waals surface area contributed by atoms with Gasteiger partial charge in [0, 0.05) is 0 Å². The van der Waals surface area contributed by atoms with Gasteiger partial charge in [0.1, 0.15) is 0 Å². The third-order valence-electron chi connectivity index (χ3n) is 2.18. The van der Waals surface area contributed by atoms with Gasteiger partial charge in [0.25, 0.3) is 0 Å². The van der Waals surface area contributed by atoms with E-state index in [9.17, 15) is 26.3 Å². The molecule has 2 rings (SSSR count). The van der Waals surface area contributed by atoms with E-state index in [0.717, 1.165) is 18.2 Å². The Hall–Kier alpha value is -2.05. The Labute approximate surface area is 96.7 Å². The van der Waals surface area contributed by atoms with E-state index < -0.39 is 46.3 Å². The summed E-state index contributed by atoms with van der Waals surface area (Å²) in [4.78, 5) is 3.07. The second-order valence-corrected chi connectivity index (χ2v) is 3.29. The molecule has 0 amide bonds. The van der Waals surface area contributed by atoms with Crippen LogP contribution in [0.5, 0.6) is 0 Å². The van der Waals surface area contributed by atoms with E-state index in [1.54, 1.807) is 0 Å². The van der Waals surface area contributed by atoms with Crippen molar-refractivity contribution in [2.75, 3.05) is 0 Å². The van der Waals surface area contributed by atoms with E-state index in [2.05, 4.69) is 4.98 Å². The van der Waals surface area contributed by atoms with Gasteiger partial charge in [-0.1, -0.05) is 6.07 Å². The third-order valence-corrected chi connectivity index (χ3v) is 2.18. The fourth-order valence-corrected chi connectivity index (χ4v) is 1.38. The molecule has 1 heterocycles. The van der Waals surface area contributed by atoms with Gasteiger partial charge in [0.05, 0.1) is 11.3 Å². The maximum absolute atomic E-state index is 13.3. The van der Waals surface area contributed by atoms with Crippen LogP contribution in [0.15, 0.2) is 18.2 Å². The summed E-state index contributed by atoms with van der Waals surface area (Å²) in [5, 5.41) is 0. The molecule has 1 aromatic heterocycles. The van der Waals surface area contributed by atoms with Gasteiger partial charge in [0.2, 0.25) is 11.8 Å². The Kier molecular flexibility index (Phi) is 2.98. The van der Waals surface area contributed by atoms with Crippen molar-refractivity contribution in [3.63, 3.8) is 0 Å². The first kappa shape index (κ1) is 12.4. The van der Waals surface area contributed by atoms with Crippen molar-refractivity contribution in [1.82, 2.24) is 4.98 Å². The predicted molar refractivity (Wildman–Crippen MR) is 49.4 cm³/mol. The number of halogens is 6. The number of pyridine rings is 1. The number of benzene rings is 1. The summed E-state index contributed by atoms with van der Waals surface area (Å²) in [5.74, 6) is -11.7. The van der Waals surface area contributed by atoms with Crippen LogP contribution in [0.1, 0.15) is 0 Å². The smallest absolute Gasteiger partial charge is 0.213 e. The highest BCUT2D eigenvalue weighted by molar-refractivity contribution is 5.61. The highest BCUT2D eigenvalue weighted by Gasteiger charge is 2.27. The van der Waals surface area contributed by atoms with E-state index in [0.29, 0.717) is 0 Å². The van der Waals surface area contributed by atoms with Crippen molar-refractivity contribution in [3.05, 3.63) is 53.2 Å². The average molecular weight is 263 g/mol. The molecular formula is C11H3F6N. The van der Waals surface area contributed by atoms with Crippen molar-refractivity contribution < 1.29 is 26.3 Å². The monoisotopic (exact) mass is 263 g/mol. The van der Waals surface area contributed by atoms with Gasteiger partial charge in [-0.3, -0.25) is 0 Å². The molecule has 0 aliphatic rings. The second kappa shape index (κ2) is 4.32. The topological polar surface area (TPSA) is 12.9 Å². The van der Waals surface area contributed by atoms with Crippen LogP contribution in [-0.2, 0) is 0 Å². The minimum absolute atomic E-state index is 0.678. The van der Waals surface area contributed by atoms with Crippen molar-refractivity contribution in [2.24, 2.45) is 0 Å². The lowest BCUT2D eigenvalue weighted by atomic mass is 10.1. The maximum Gasteiger partial charge on any atom is 0.213 e. The second-order valence-electron chi connectivity index (χ2n) is 3.29. The average Bonchev–Trinajstić information content (AvgIpc) is 2.34. The van der Waals surface area contributed by atoms with Crippen LogP contribution in [0.4, 0.5) is 26.3 Å². The molecule has 0 saturated carbocycles. The first-order valence-corrected chi connectivity index (χ1v) is 4.58. The SMILES string of the molecule is Fc1cccc(-c2c(F)c(F)c(F)c(F)c2F)n1. The summed E-state index contributed by atoms with van der Waals surface area (Å²) in [5.41, 5.74) is -1.94. The van der Waals surface area contributed by atoms with Crippen LogP contribution in [-0.4, -0.2) is 4.98 Å². The Morgan fingerprint density at radius 3 is 1.67 bits per heavy atom. The van der Waals surface area contributed by atoms with Gasteiger partial charge in [-0.2, -0.15) is 4.39 Å². The molecule has 18 heavy (non-hydrogen) atoms. The normalized spacial score (nSPS) is 10.8. The van der Waals surface area contributed by atoms with Gasteiger partial charge in [0.15, 0.2) is 23.3 Å². The lowest BCUT2D eigenvalue weighted by Crippen LogP contribution is -2.05. The molecule has 2 aromatic rings. The molecule has 0 spiro atoms. The number of nitrogens with zero attached hydrogens (tertiary/aromatic N) is 1. The fourth-order valence-electron chi connectivity index (χ4n) is 1.38. The van der Waals surface area contributed by atoms with Crippen molar-refractivity contribution >= 4 is 0 Å². The van der Waals surface area contributed by atoms with E-state index in [-0.39, 0.29) is 0 Å². The van der Waals surface area contributed by atoms with Crippen LogP contribution in [0, 0.1) is 35.0 Å². The lowest BCUT2D eigenvalue weighted by Gasteiger charge is -2.07. The summed E-state index contributed by atoms with van der Waals surface area (Å²) < 4.78 is 78.0. The number of hydrogen-bond acceptors (Lipinski definition) is 1. The summed E-state index contributed by atoms with van der Waals surface area (Å²) in [6.45, 7) is 0. The molecule has 0 radical (unpaired) electrons. The van der Waals surface area contributed by atoms with Gasteiger partial charge in [-0.15, -0.1) is 0 Å². The molecule has 7 heteroatoms. The Morgan fingerprint density at radius 1 is 0.667 bits per heavy atom. The number of hydrogen-bond donors (Lipinski definition) is 0. The zero-order valence-corrected chi connectivity index (χ0v) is 8.45. The minimum Gasteiger partial charge on any atom is -0.219 e. The Morgan fingerprint density at radius 2 is 1.17 bits per heavy atom. The van der Waals surface area contributed by atoms with Gasteiger partial charge >= 0.3 is 0 Å². The Bertz CT molecular complexity index is 596. The molecule has 0 aliphatic carbocycles. The molecule has 1 aromatic carbocycles. The standard InChI is InChI=1S/C11H3F6N/c12-5-3-1-2-4(18-5)6-7(13)9(15)11(17)10(16)8(6)14/h1-3H. The quantitative estimate of drug-likeness (QED) is 0.331. The first-order chi connectivity index (χ1) is 8.43. The molecule has 0 unspecified atom stereocenters. The molecular weight excluding hydrogens is 260 g/mol. The molecule has 0 N–H and O–H groups in total. The summed E-state index contributed by atoms with van der Waals surface area (Å²) in [6, 6.07) is 2.84. The lowest BCUT2D eigenvalue weighted by molar-refractivity contribution is 0.381. The van der Waals surface area contributed by atoms with Crippen molar-refractivity contribution in [2.45, 2.75) is 0 Å². The van der Waals surface area contributed by atoms with E-state index >= 15 is 0 Å². The maximum atomic E-state index is 13.3. The van der Waals surface area contributed by atoms with Gasteiger partial charge in [-0.25, -0.2) is 26.9 Å². The number of rotatable bonds is 1. The highest BCUT2D eigenvalue weighted by atomic mass is 19.2. The summed E-state index contributed by atoms with van der Waals surface area (Å²) in [6.07, 6.45) is 0. The van der Waals surface area contributed by atoms with E-state index in [1.165, 1.54) is 0 Å². The van der Waals surface area contributed by atoms with Gasteiger partial charge in [-0.05, 0) is 12.1 Å². The molecule has 0 fully saturated rings. The Balaban J connectivity index is 2.80. The molecule has 0 atom stereocenters. The van der Waals surface area contributed by atoms with Crippen LogP contribution in [0.2, 0.25) is 0 Å². The molecule has 1 nitrogen and oxygen atoms in total. The predicted octanol–water partition coefficient (Wildman–Crippen LogP) is 3.58. The van der Waals surface area contributed by atoms with Crippen LogP contribution in [0.25, 0.3) is 11.3 Å². The van der Waals surface area contributed by atoms with Gasteiger partial charge < -0.3 is 0 Å².